The third kappa shape index (κ3) is 3.86. The maximum absolute atomic E-state index is 12.5. The van der Waals surface area contributed by atoms with Crippen LogP contribution in [0.2, 0.25) is 0 Å². The standard InChI is InChI=1S/C11H17F3N2O/c1-17-7-6-16-10(8-15)4-2-9(3-5-10)11(12,13)14/h9,16H,2-7H2,1H3. The van der Waals surface area contributed by atoms with E-state index in [1.807, 2.05) is 0 Å². The van der Waals surface area contributed by atoms with Gasteiger partial charge < -0.3 is 4.74 Å². The summed E-state index contributed by atoms with van der Waals surface area (Å²) in [6.07, 6.45) is -3.59. The third-order valence-corrected chi connectivity index (χ3v) is 3.29. The molecule has 0 radical (unpaired) electrons. The van der Waals surface area contributed by atoms with Gasteiger partial charge in [-0.15, -0.1) is 0 Å². The van der Waals surface area contributed by atoms with Crippen molar-refractivity contribution in [3.63, 3.8) is 0 Å². The number of halogens is 3. The van der Waals surface area contributed by atoms with Crippen LogP contribution in [-0.2, 0) is 4.74 Å². The van der Waals surface area contributed by atoms with Crippen LogP contribution in [-0.4, -0.2) is 32.0 Å². The molecule has 3 nitrogen and oxygen atoms in total. The Kier molecular flexibility index (Phi) is 4.78. The van der Waals surface area contributed by atoms with E-state index in [1.54, 1.807) is 7.11 Å². The van der Waals surface area contributed by atoms with E-state index in [1.165, 1.54) is 0 Å². The van der Waals surface area contributed by atoms with Gasteiger partial charge in [0.1, 0.15) is 5.54 Å². The van der Waals surface area contributed by atoms with Gasteiger partial charge >= 0.3 is 6.18 Å². The monoisotopic (exact) mass is 250 g/mol. The number of methoxy groups -OCH3 is 1. The fourth-order valence-electron chi connectivity index (χ4n) is 2.16. The Morgan fingerprint density at radius 3 is 2.41 bits per heavy atom. The van der Waals surface area contributed by atoms with Gasteiger partial charge in [0.15, 0.2) is 0 Å². The number of rotatable bonds is 4. The number of ether oxygens (including phenoxy) is 1. The largest absolute Gasteiger partial charge is 0.391 e. The molecule has 0 atom stereocenters. The van der Waals surface area contributed by atoms with Gasteiger partial charge in [-0.3, -0.25) is 5.32 Å². The zero-order chi connectivity index (χ0) is 12.9. The minimum Gasteiger partial charge on any atom is -0.383 e. The highest BCUT2D eigenvalue weighted by atomic mass is 19.4. The van der Waals surface area contributed by atoms with Crippen LogP contribution >= 0.6 is 0 Å². The van der Waals surface area contributed by atoms with Gasteiger partial charge in [0.25, 0.3) is 0 Å². The maximum atomic E-state index is 12.5. The number of alkyl halides is 3. The summed E-state index contributed by atoms with van der Waals surface area (Å²) in [6.45, 7) is 0.937. The van der Waals surface area contributed by atoms with Crippen molar-refractivity contribution in [1.82, 2.24) is 5.32 Å². The molecule has 1 aliphatic carbocycles. The second kappa shape index (κ2) is 5.69. The Morgan fingerprint density at radius 1 is 1.41 bits per heavy atom. The predicted molar refractivity (Wildman–Crippen MR) is 56.2 cm³/mol. The zero-order valence-corrected chi connectivity index (χ0v) is 9.81. The highest BCUT2D eigenvalue weighted by molar-refractivity contribution is 5.09. The molecule has 0 bridgehead atoms. The smallest absolute Gasteiger partial charge is 0.383 e. The van der Waals surface area contributed by atoms with Crippen molar-refractivity contribution in [2.24, 2.45) is 5.92 Å². The third-order valence-electron chi connectivity index (χ3n) is 3.29. The van der Waals surface area contributed by atoms with E-state index < -0.39 is 17.6 Å². The Labute approximate surface area is 98.9 Å². The fourth-order valence-corrected chi connectivity index (χ4v) is 2.16. The molecule has 0 aromatic heterocycles. The molecular formula is C11H17F3N2O. The first-order valence-corrected chi connectivity index (χ1v) is 5.65. The molecule has 0 saturated heterocycles. The van der Waals surface area contributed by atoms with Crippen LogP contribution in [0.4, 0.5) is 13.2 Å². The summed E-state index contributed by atoms with van der Waals surface area (Å²) in [5, 5.41) is 12.1. The van der Waals surface area contributed by atoms with E-state index in [4.69, 9.17) is 10.00 Å². The summed E-state index contributed by atoms with van der Waals surface area (Å²) in [6, 6.07) is 2.11. The minimum absolute atomic E-state index is 0.0248. The van der Waals surface area contributed by atoms with Crippen molar-refractivity contribution < 1.29 is 17.9 Å². The molecule has 1 aliphatic rings. The van der Waals surface area contributed by atoms with Crippen molar-refractivity contribution in [2.45, 2.75) is 37.4 Å². The minimum atomic E-state index is -4.13. The molecular weight excluding hydrogens is 233 g/mol. The summed E-state index contributed by atoms with van der Waals surface area (Å²) in [4.78, 5) is 0. The lowest BCUT2D eigenvalue weighted by Gasteiger charge is -2.36. The van der Waals surface area contributed by atoms with Crippen molar-refractivity contribution in [3.05, 3.63) is 0 Å². The topological polar surface area (TPSA) is 45.0 Å². The summed E-state index contributed by atoms with van der Waals surface area (Å²) in [5.41, 5.74) is -0.805. The number of hydrogen-bond donors (Lipinski definition) is 1. The highest BCUT2D eigenvalue weighted by Gasteiger charge is 2.45. The van der Waals surface area contributed by atoms with E-state index in [0.29, 0.717) is 13.2 Å². The molecule has 6 heteroatoms. The summed E-state index contributed by atoms with van der Waals surface area (Å²) >= 11 is 0. The number of nitrogens with zero attached hydrogens (tertiary/aromatic N) is 1. The summed E-state index contributed by atoms with van der Waals surface area (Å²) in [5.74, 6) is -1.26. The van der Waals surface area contributed by atoms with Crippen LogP contribution in [0.1, 0.15) is 25.7 Å². The van der Waals surface area contributed by atoms with E-state index >= 15 is 0 Å². The van der Waals surface area contributed by atoms with E-state index in [9.17, 15) is 13.2 Å². The Morgan fingerprint density at radius 2 is 2.00 bits per heavy atom. The molecule has 0 aromatic carbocycles. The average molecular weight is 250 g/mol. The van der Waals surface area contributed by atoms with E-state index in [2.05, 4.69) is 11.4 Å². The predicted octanol–water partition coefficient (Wildman–Crippen LogP) is 2.24. The molecule has 0 heterocycles. The SMILES string of the molecule is COCCNC1(C#N)CCC(C(F)(F)F)CC1. The van der Waals surface area contributed by atoms with Gasteiger partial charge in [0, 0.05) is 13.7 Å². The molecule has 0 spiro atoms. The average Bonchev–Trinajstić information content (AvgIpc) is 2.29. The van der Waals surface area contributed by atoms with E-state index in [0.717, 1.165) is 0 Å². The molecule has 1 rings (SSSR count). The molecule has 0 unspecified atom stereocenters. The molecule has 1 fully saturated rings. The molecule has 1 saturated carbocycles. The first-order chi connectivity index (χ1) is 7.93. The van der Waals surface area contributed by atoms with E-state index in [-0.39, 0.29) is 25.7 Å². The lowest BCUT2D eigenvalue weighted by Crippen LogP contribution is -2.49. The van der Waals surface area contributed by atoms with Crippen LogP contribution in [0.25, 0.3) is 0 Å². The zero-order valence-electron chi connectivity index (χ0n) is 9.81. The summed E-state index contributed by atoms with van der Waals surface area (Å²) in [7, 11) is 1.54. The van der Waals surface area contributed by atoms with Gasteiger partial charge in [-0.1, -0.05) is 0 Å². The van der Waals surface area contributed by atoms with Crippen molar-refractivity contribution in [3.8, 4) is 6.07 Å². The van der Waals surface area contributed by atoms with Crippen molar-refractivity contribution >= 4 is 0 Å². The summed E-state index contributed by atoms with van der Waals surface area (Å²) < 4.78 is 42.3. The first-order valence-electron chi connectivity index (χ1n) is 5.65. The normalized spacial score (nSPS) is 29.9. The van der Waals surface area contributed by atoms with Gasteiger partial charge in [0.05, 0.1) is 18.6 Å². The van der Waals surface area contributed by atoms with Crippen LogP contribution in [0.3, 0.4) is 0 Å². The van der Waals surface area contributed by atoms with Gasteiger partial charge in [0.2, 0.25) is 0 Å². The second-order valence-electron chi connectivity index (χ2n) is 4.43. The second-order valence-corrected chi connectivity index (χ2v) is 4.43. The molecule has 98 valence electrons. The molecule has 0 aromatic rings. The van der Waals surface area contributed by atoms with Crippen LogP contribution in [0.15, 0.2) is 0 Å². The Bertz CT molecular complexity index is 277. The van der Waals surface area contributed by atoms with Gasteiger partial charge in [-0.05, 0) is 25.7 Å². The molecule has 17 heavy (non-hydrogen) atoms. The van der Waals surface area contributed by atoms with Gasteiger partial charge in [-0.2, -0.15) is 18.4 Å². The lowest BCUT2D eigenvalue weighted by atomic mass is 9.77. The quantitative estimate of drug-likeness (QED) is 0.778. The molecule has 0 amide bonds. The van der Waals surface area contributed by atoms with Crippen molar-refractivity contribution in [2.75, 3.05) is 20.3 Å². The first kappa shape index (κ1) is 14.3. The van der Waals surface area contributed by atoms with Crippen molar-refractivity contribution in [1.29, 1.82) is 5.26 Å². The molecule has 0 aliphatic heterocycles. The Balaban J connectivity index is 2.49. The Hall–Kier alpha value is -0.800. The number of nitrogens with one attached hydrogen (secondary N) is 1. The van der Waals surface area contributed by atoms with Crippen LogP contribution in [0, 0.1) is 17.2 Å². The fraction of sp³-hybridized carbons (Fsp3) is 0.909. The number of nitriles is 1. The van der Waals surface area contributed by atoms with Crippen LogP contribution < -0.4 is 5.32 Å². The number of hydrogen-bond acceptors (Lipinski definition) is 3. The molecule has 1 N–H and O–H groups in total. The maximum Gasteiger partial charge on any atom is 0.391 e. The van der Waals surface area contributed by atoms with Gasteiger partial charge in [-0.25, -0.2) is 0 Å². The highest BCUT2D eigenvalue weighted by Crippen LogP contribution is 2.40. The lowest BCUT2D eigenvalue weighted by molar-refractivity contribution is -0.184. The van der Waals surface area contributed by atoms with Crippen LogP contribution in [0.5, 0.6) is 0 Å².